The Bertz CT molecular complexity index is 260. The number of carbonyl (C=O) groups excluding carboxylic acids is 1. The summed E-state index contributed by atoms with van der Waals surface area (Å²) in [6.45, 7) is 0.451. The summed E-state index contributed by atoms with van der Waals surface area (Å²) in [5, 5.41) is 24.5. The van der Waals surface area contributed by atoms with Crippen LogP contribution in [-0.4, -0.2) is 59.8 Å². The third kappa shape index (κ3) is 1.78. The number of carbonyl (C=O) groups is 1. The maximum absolute atomic E-state index is 11.0. The van der Waals surface area contributed by atoms with E-state index in [0.717, 1.165) is 0 Å². The van der Waals surface area contributed by atoms with Gasteiger partial charge in [0, 0.05) is 13.1 Å². The molecule has 0 aromatic heterocycles. The second-order valence-corrected chi connectivity index (χ2v) is 3.81. The van der Waals surface area contributed by atoms with E-state index in [1.807, 2.05) is 0 Å². The quantitative estimate of drug-likeness (QED) is 0.323. The molecule has 0 aromatic carbocycles. The Morgan fingerprint density at radius 1 is 1.47 bits per heavy atom. The van der Waals surface area contributed by atoms with Gasteiger partial charge < -0.3 is 31.3 Å². The molecule has 0 bridgehead atoms. The van der Waals surface area contributed by atoms with E-state index in [1.165, 1.54) is 0 Å². The van der Waals surface area contributed by atoms with Crippen LogP contribution in [0.15, 0.2) is 0 Å². The molecule has 15 heavy (non-hydrogen) atoms. The van der Waals surface area contributed by atoms with Crippen LogP contribution in [-0.2, 0) is 4.74 Å². The van der Waals surface area contributed by atoms with Crippen LogP contribution in [0.1, 0.15) is 0 Å². The Hall–Kier alpha value is -0.890. The number of aliphatic hydroxyl groups is 2. The van der Waals surface area contributed by atoms with Crippen LogP contribution in [0.3, 0.4) is 0 Å². The van der Waals surface area contributed by atoms with Gasteiger partial charge in [-0.2, -0.15) is 0 Å². The van der Waals surface area contributed by atoms with Crippen molar-refractivity contribution in [2.75, 3.05) is 13.1 Å². The topological polar surface area (TPSA) is 117 Å². The molecule has 1 unspecified atom stereocenters. The summed E-state index contributed by atoms with van der Waals surface area (Å²) in [7, 11) is 0. The second kappa shape index (κ2) is 3.93. The summed E-state index contributed by atoms with van der Waals surface area (Å²) in [5.41, 5.74) is 5.40. The molecule has 7 nitrogen and oxygen atoms in total. The zero-order chi connectivity index (χ0) is 11.0. The molecule has 86 valence electrons. The Morgan fingerprint density at radius 3 is 2.87 bits per heavy atom. The molecule has 0 spiro atoms. The minimum Gasteiger partial charge on any atom is -0.388 e. The molecule has 6 N–H and O–H groups in total. The van der Waals surface area contributed by atoms with Crippen LogP contribution in [0.5, 0.6) is 0 Å². The maximum Gasteiger partial charge on any atom is 0.315 e. The van der Waals surface area contributed by atoms with Gasteiger partial charge in [0.15, 0.2) is 0 Å². The Kier molecular flexibility index (Phi) is 2.79. The fraction of sp³-hybridized carbons (Fsp3) is 0.875. The highest BCUT2D eigenvalue weighted by molar-refractivity contribution is 5.75. The molecule has 2 fully saturated rings. The molecule has 0 saturated carbocycles. The number of nitrogens with two attached hydrogens (primary N) is 1. The molecule has 2 saturated heterocycles. The molecule has 0 aromatic rings. The SMILES string of the molecule is NCC1O[C@@H]2CNC(=O)N[C@@H]2[C@@H](O)[C@H]1O. The van der Waals surface area contributed by atoms with Crippen molar-refractivity contribution in [2.45, 2.75) is 30.5 Å². The predicted octanol–water partition coefficient (Wildman–Crippen LogP) is -2.88. The fourth-order valence-corrected chi connectivity index (χ4v) is 1.99. The van der Waals surface area contributed by atoms with Crippen molar-refractivity contribution < 1.29 is 19.7 Å². The Balaban J connectivity index is 2.11. The first-order chi connectivity index (χ1) is 7.13. The summed E-state index contributed by atoms with van der Waals surface area (Å²) < 4.78 is 5.46. The molecule has 0 aliphatic carbocycles. The van der Waals surface area contributed by atoms with E-state index in [0.29, 0.717) is 6.54 Å². The lowest BCUT2D eigenvalue weighted by Crippen LogP contribution is -2.70. The minimum absolute atomic E-state index is 0.134. The van der Waals surface area contributed by atoms with Crippen molar-refractivity contribution in [3.05, 3.63) is 0 Å². The third-order valence-corrected chi connectivity index (χ3v) is 2.84. The zero-order valence-corrected chi connectivity index (χ0v) is 8.09. The lowest BCUT2D eigenvalue weighted by Gasteiger charge is -2.45. The van der Waals surface area contributed by atoms with Gasteiger partial charge in [0.25, 0.3) is 0 Å². The van der Waals surface area contributed by atoms with E-state index in [1.54, 1.807) is 0 Å². The molecular weight excluding hydrogens is 202 g/mol. The van der Waals surface area contributed by atoms with Gasteiger partial charge in [-0.15, -0.1) is 0 Å². The number of aliphatic hydroxyl groups excluding tert-OH is 2. The average molecular weight is 217 g/mol. The molecule has 0 radical (unpaired) electrons. The normalized spacial score (nSPS) is 45.3. The largest absolute Gasteiger partial charge is 0.388 e. The van der Waals surface area contributed by atoms with Crippen molar-refractivity contribution >= 4 is 6.03 Å². The third-order valence-electron chi connectivity index (χ3n) is 2.84. The van der Waals surface area contributed by atoms with E-state index in [2.05, 4.69) is 10.6 Å². The van der Waals surface area contributed by atoms with E-state index < -0.39 is 24.4 Å². The molecule has 2 aliphatic heterocycles. The van der Waals surface area contributed by atoms with Gasteiger partial charge in [-0.25, -0.2) is 4.79 Å². The predicted molar refractivity (Wildman–Crippen MR) is 50.1 cm³/mol. The van der Waals surface area contributed by atoms with Crippen LogP contribution in [0.4, 0.5) is 4.79 Å². The summed E-state index contributed by atoms with van der Waals surface area (Å²) >= 11 is 0. The summed E-state index contributed by atoms with van der Waals surface area (Å²) in [6.07, 6.45) is -3.04. The van der Waals surface area contributed by atoms with Crippen LogP contribution in [0.25, 0.3) is 0 Å². The minimum atomic E-state index is -1.06. The van der Waals surface area contributed by atoms with Crippen LogP contribution >= 0.6 is 0 Å². The van der Waals surface area contributed by atoms with Crippen molar-refractivity contribution in [3.63, 3.8) is 0 Å². The van der Waals surface area contributed by atoms with Gasteiger partial charge in [-0.1, -0.05) is 0 Å². The highest BCUT2D eigenvalue weighted by Gasteiger charge is 2.46. The van der Waals surface area contributed by atoms with Crippen molar-refractivity contribution in [3.8, 4) is 0 Å². The molecule has 2 rings (SSSR count). The monoisotopic (exact) mass is 217 g/mol. The number of urea groups is 1. The smallest absolute Gasteiger partial charge is 0.315 e. The summed E-state index contributed by atoms with van der Waals surface area (Å²) in [4.78, 5) is 11.0. The molecule has 2 amide bonds. The fourth-order valence-electron chi connectivity index (χ4n) is 1.99. The van der Waals surface area contributed by atoms with Gasteiger partial charge in [0.05, 0.1) is 18.2 Å². The lowest BCUT2D eigenvalue weighted by atomic mass is 9.91. The Morgan fingerprint density at radius 2 is 2.20 bits per heavy atom. The van der Waals surface area contributed by atoms with E-state index in [9.17, 15) is 15.0 Å². The van der Waals surface area contributed by atoms with Gasteiger partial charge in [-0.05, 0) is 0 Å². The number of amides is 2. The number of nitrogens with one attached hydrogen (secondary N) is 2. The van der Waals surface area contributed by atoms with Crippen LogP contribution in [0, 0.1) is 0 Å². The van der Waals surface area contributed by atoms with E-state index >= 15 is 0 Å². The van der Waals surface area contributed by atoms with Crippen molar-refractivity contribution in [1.29, 1.82) is 0 Å². The molecule has 2 heterocycles. The molecular formula is C8H15N3O4. The van der Waals surface area contributed by atoms with Crippen LogP contribution < -0.4 is 16.4 Å². The van der Waals surface area contributed by atoms with Crippen molar-refractivity contribution in [1.82, 2.24) is 10.6 Å². The van der Waals surface area contributed by atoms with Gasteiger partial charge >= 0.3 is 6.03 Å². The second-order valence-electron chi connectivity index (χ2n) is 3.81. The summed E-state index contributed by atoms with van der Waals surface area (Å²) in [6, 6.07) is -0.936. The summed E-state index contributed by atoms with van der Waals surface area (Å²) in [5.74, 6) is 0. The van der Waals surface area contributed by atoms with Crippen LogP contribution in [0.2, 0.25) is 0 Å². The number of ether oxygens (including phenoxy) is 1. The Labute approximate surface area is 86.6 Å². The number of fused-ring (bicyclic) bond motifs is 1. The van der Waals surface area contributed by atoms with Gasteiger partial charge in [0.1, 0.15) is 12.2 Å². The molecule has 2 aliphatic rings. The highest BCUT2D eigenvalue weighted by atomic mass is 16.5. The maximum atomic E-state index is 11.0. The first-order valence-electron chi connectivity index (χ1n) is 4.89. The first kappa shape index (κ1) is 10.6. The van der Waals surface area contributed by atoms with Crippen molar-refractivity contribution in [2.24, 2.45) is 5.73 Å². The van der Waals surface area contributed by atoms with Gasteiger partial charge in [0.2, 0.25) is 0 Å². The first-order valence-corrected chi connectivity index (χ1v) is 4.89. The standard InChI is InChI=1S/C8H15N3O4/c9-1-3-6(12)7(13)5-4(15-3)2-10-8(14)11-5/h3-7,12-13H,1-2,9H2,(H2,10,11,14)/t3?,4-,5+,6+,7-/m1/s1. The molecule has 7 heteroatoms. The number of hydrogen-bond donors (Lipinski definition) is 5. The van der Waals surface area contributed by atoms with Gasteiger partial charge in [-0.3, -0.25) is 0 Å². The van der Waals surface area contributed by atoms with E-state index in [4.69, 9.17) is 10.5 Å². The lowest BCUT2D eigenvalue weighted by molar-refractivity contribution is -0.180. The average Bonchev–Trinajstić information content (AvgIpc) is 2.24. The number of rotatable bonds is 1. The highest BCUT2D eigenvalue weighted by Crippen LogP contribution is 2.21. The zero-order valence-electron chi connectivity index (χ0n) is 8.09. The number of hydrogen-bond acceptors (Lipinski definition) is 5. The molecule has 5 atom stereocenters. The van der Waals surface area contributed by atoms with E-state index in [-0.39, 0.29) is 18.7 Å².